The average Bonchev–Trinajstić information content (AvgIpc) is 2.75. The molecule has 0 aromatic rings. The van der Waals surface area contributed by atoms with Crippen LogP contribution < -0.4 is 0 Å². The summed E-state index contributed by atoms with van der Waals surface area (Å²) in [6.07, 6.45) is 5.73. The number of ether oxygens (including phenoxy) is 2. The van der Waals surface area contributed by atoms with Gasteiger partial charge in [-0.15, -0.1) is 0 Å². The molecule has 0 bridgehead atoms. The van der Waals surface area contributed by atoms with Gasteiger partial charge in [0.2, 0.25) is 0 Å². The lowest BCUT2D eigenvalue weighted by molar-refractivity contribution is -0.179. The van der Waals surface area contributed by atoms with Gasteiger partial charge in [0.1, 0.15) is 11.0 Å². The van der Waals surface area contributed by atoms with Crippen LogP contribution >= 0.6 is 0 Å². The molecule has 2 rings (SSSR count). The second-order valence-electron chi connectivity index (χ2n) is 6.06. The van der Waals surface area contributed by atoms with Gasteiger partial charge in [-0.05, 0) is 39.5 Å². The smallest absolute Gasteiger partial charge is 0.168 e. The van der Waals surface area contributed by atoms with Gasteiger partial charge in [0.25, 0.3) is 0 Å². The molecule has 1 aliphatic heterocycles. The lowest BCUT2D eigenvalue weighted by atomic mass is 9.86. The summed E-state index contributed by atoms with van der Waals surface area (Å²) in [6.45, 7) is 7.25. The third-order valence-corrected chi connectivity index (χ3v) is 4.86. The van der Waals surface area contributed by atoms with E-state index in [9.17, 15) is 4.21 Å². The van der Waals surface area contributed by atoms with Crippen LogP contribution in [-0.4, -0.2) is 34.2 Å². The summed E-state index contributed by atoms with van der Waals surface area (Å²) >= 11 is 0. The van der Waals surface area contributed by atoms with Gasteiger partial charge in [-0.3, -0.25) is 0 Å². The second kappa shape index (κ2) is 5.39. The zero-order valence-electron chi connectivity index (χ0n) is 11.5. The normalized spacial score (nSPS) is 27.1. The highest BCUT2D eigenvalue weighted by atomic mass is 32.2. The summed E-state index contributed by atoms with van der Waals surface area (Å²) < 4.78 is 27.1. The van der Waals surface area contributed by atoms with Gasteiger partial charge >= 0.3 is 0 Å². The van der Waals surface area contributed by atoms with Crippen LogP contribution in [0.15, 0.2) is 4.40 Å². The molecule has 0 aromatic heterocycles. The Morgan fingerprint density at radius 1 is 1.22 bits per heavy atom. The van der Waals surface area contributed by atoms with E-state index in [2.05, 4.69) is 4.40 Å². The Bertz CT molecular complexity index is 333. The van der Waals surface area contributed by atoms with Crippen molar-refractivity contribution >= 4 is 17.2 Å². The van der Waals surface area contributed by atoms with Crippen molar-refractivity contribution in [2.75, 3.05) is 13.2 Å². The van der Waals surface area contributed by atoms with Gasteiger partial charge in [0, 0.05) is 19.1 Å². The molecule has 0 aromatic carbocycles. The van der Waals surface area contributed by atoms with Gasteiger partial charge in [0.05, 0.1) is 18.0 Å². The summed E-state index contributed by atoms with van der Waals surface area (Å²) in [5.41, 5.74) is 0. The Labute approximate surface area is 112 Å². The van der Waals surface area contributed by atoms with Crippen LogP contribution in [0, 0.1) is 5.92 Å². The first-order valence-electron chi connectivity index (χ1n) is 6.65. The molecule has 5 heteroatoms. The molecule has 1 heterocycles. The van der Waals surface area contributed by atoms with Crippen LogP contribution in [-0.2, 0) is 20.5 Å². The molecule has 1 spiro atoms. The highest BCUT2D eigenvalue weighted by molar-refractivity contribution is 7.85. The quantitative estimate of drug-likeness (QED) is 0.726. The SMILES string of the molecule is CC(C)(C)S(=O)N=CC1CCC2(CC1)OCCO2. The van der Waals surface area contributed by atoms with Crippen molar-refractivity contribution < 1.29 is 13.7 Å². The molecule has 2 fully saturated rings. The van der Waals surface area contributed by atoms with Gasteiger partial charge < -0.3 is 9.47 Å². The van der Waals surface area contributed by atoms with Gasteiger partial charge in [-0.2, -0.15) is 4.40 Å². The van der Waals surface area contributed by atoms with Crippen LogP contribution in [0.25, 0.3) is 0 Å². The largest absolute Gasteiger partial charge is 0.348 e. The fraction of sp³-hybridized carbons (Fsp3) is 0.923. The van der Waals surface area contributed by atoms with E-state index in [1.165, 1.54) is 0 Å². The van der Waals surface area contributed by atoms with E-state index in [-0.39, 0.29) is 10.5 Å². The van der Waals surface area contributed by atoms with Crippen molar-refractivity contribution in [3.63, 3.8) is 0 Å². The lowest BCUT2D eigenvalue weighted by Gasteiger charge is -2.34. The van der Waals surface area contributed by atoms with Crippen molar-refractivity contribution in [2.45, 2.75) is 57.0 Å². The first-order valence-corrected chi connectivity index (χ1v) is 7.76. The maximum absolute atomic E-state index is 11.8. The molecular formula is C13H23NO3S. The van der Waals surface area contributed by atoms with Gasteiger partial charge in [-0.25, -0.2) is 4.21 Å². The van der Waals surface area contributed by atoms with E-state index in [4.69, 9.17) is 9.47 Å². The minimum Gasteiger partial charge on any atom is -0.348 e. The van der Waals surface area contributed by atoms with Crippen LogP contribution in [0.4, 0.5) is 0 Å². The zero-order chi connectivity index (χ0) is 13.2. The highest BCUT2D eigenvalue weighted by Gasteiger charge is 2.39. The molecule has 18 heavy (non-hydrogen) atoms. The Hall–Kier alpha value is -0.260. The minimum atomic E-state index is -1.14. The Morgan fingerprint density at radius 2 is 1.78 bits per heavy atom. The van der Waals surface area contributed by atoms with Crippen molar-refractivity contribution in [1.82, 2.24) is 0 Å². The van der Waals surface area contributed by atoms with Crippen molar-refractivity contribution in [3.8, 4) is 0 Å². The summed E-state index contributed by atoms with van der Waals surface area (Å²) in [6, 6.07) is 0. The van der Waals surface area contributed by atoms with E-state index in [0.29, 0.717) is 19.1 Å². The molecular weight excluding hydrogens is 250 g/mol. The van der Waals surface area contributed by atoms with Crippen LogP contribution in [0.1, 0.15) is 46.5 Å². The molecule has 0 radical (unpaired) electrons. The highest BCUT2D eigenvalue weighted by Crippen LogP contribution is 2.37. The molecule has 4 nitrogen and oxygen atoms in total. The predicted octanol–water partition coefficient (Wildman–Crippen LogP) is 2.45. The first kappa shape index (κ1) is 14.2. The summed E-state index contributed by atoms with van der Waals surface area (Å²) in [5, 5.41) is 0. The van der Waals surface area contributed by atoms with E-state index >= 15 is 0 Å². The third kappa shape index (κ3) is 3.39. The lowest BCUT2D eigenvalue weighted by Crippen LogP contribution is -2.35. The zero-order valence-corrected chi connectivity index (χ0v) is 12.3. The number of hydrogen-bond acceptors (Lipinski definition) is 3. The van der Waals surface area contributed by atoms with Crippen LogP contribution in [0.3, 0.4) is 0 Å². The fourth-order valence-electron chi connectivity index (χ4n) is 2.31. The number of rotatable bonds is 2. The van der Waals surface area contributed by atoms with Crippen LogP contribution in [0.5, 0.6) is 0 Å². The monoisotopic (exact) mass is 273 g/mol. The van der Waals surface area contributed by atoms with E-state index in [1.807, 2.05) is 27.0 Å². The molecule has 0 amide bonds. The molecule has 2 aliphatic rings. The van der Waals surface area contributed by atoms with Gasteiger partial charge in [0.15, 0.2) is 5.79 Å². The fourth-order valence-corrected chi connectivity index (χ4v) is 2.91. The summed E-state index contributed by atoms with van der Waals surface area (Å²) in [4.78, 5) is 0. The first-order chi connectivity index (χ1) is 8.41. The van der Waals surface area contributed by atoms with Crippen LogP contribution in [0.2, 0.25) is 0 Å². The Kier molecular flexibility index (Phi) is 4.24. The summed E-state index contributed by atoms with van der Waals surface area (Å²) in [5.74, 6) is 0.0998. The molecule has 1 saturated carbocycles. The maximum Gasteiger partial charge on any atom is 0.168 e. The maximum atomic E-state index is 11.8. The van der Waals surface area contributed by atoms with E-state index in [1.54, 1.807) is 0 Å². The van der Waals surface area contributed by atoms with Gasteiger partial charge in [-0.1, -0.05) is 0 Å². The molecule has 1 atom stereocenters. The Morgan fingerprint density at radius 3 is 2.28 bits per heavy atom. The topological polar surface area (TPSA) is 47.9 Å². The minimum absolute atomic E-state index is 0.274. The van der Waals surface area contributed by atoms with Crippen molar-refractivity contribution in [1.29, 1.82) is 0 Å². The van der Waals surface area contributed by atoms with Crippen molar-refractivity contribution in [3.05, 3.63) is 0 Å². The number of nitrogens with zero attached hydrogens (tertiary/aromatic N) is 1. The summed E-state index contributed by atoms with van der Waals surface area (Å²) in [7, 11) is -1.14. The third-order valence-electron chi connectivity index (χ3n) is 3.50. The number of hydrogen-bond donors (Lipinski definition) is 0. The standard InChI is InChI=1S/C13H23NO3S/c1-12(2,3)18(15)14-10-11-4-6-13(7-5-11)16-8-9-17-13/h10-11H,4-9H2,1-3H3. The molecule has 1 unspecified atom stereocenters. The van der Waals surface area contributed by atoms with Crippen molar-refractivity contribution in [2.24, 2.45) is 10.3 Å². The second-order valence-corrected chi connectivity index (χ2v) is 7.99. The molecule has 1 aliphatic carbocycles. The molecule has 0 N–H and O–H groups in total. The predicted molar refractivity (Wildman–Crippen MR) is 73.0 cm³/mol. The van der Waals surface area contributed by atoms with E-state index in [0.717, 1.165) is 25.7 Å². The molecule has 1 saturated heterocycles. The van der Waals surface area contributed by atoms with E-state index < -0.39 is 11.0 Å². The Balaban J connectivity index is 1.83. The average molecular weight is 273 g/mol. The molecule has 104 valence electrons.